The summed E-state index contributed by atoms with van der Waals surface area (Å²) in [4.78, 5) is -0.161. The van der Waals surface area contributed by atoms with Crippen LogP contribution in [-0.2, 0) is 10.0 Å². The van der Waals surface area contributed by atoms with Crippen molar-refractivity contribution in [2.24, 2.45) is 0 Å². The Morgan fingerprint density at radius 1 is 1.19 bits per heavy atom. The Kier molecular flexibility index (Phi) is 4.72. The third kappa shape index (κ3) is 3.87. The Morgan fingerprint density at radius 3 is 2.48 bits per heavy atom. The molecule has 0 aromatic heterocycles. The first-order valence-electron chi connectivity index (χ1n) is 6.39. The topological polar surface area (TPSA) is 66.4 Å². The van der Waals surface area contributed by atoms with E-state index >= 15 is 0 Å². The maximum atomic E-state index is 13.4. The molecule has 0 bridgehead atoms. The van der Waals surface area contributed by atoms with E-state index in [4.69, 9.17) is 0 Å². The molecule has 0 aliphatic rings. The van der Waals surface area contributed by atoms with Gasteiger partial charge in [-0.2, -0.15) is 0 Å². The minimum Gasteiger partial charge on any atom is -0.387 e. The average Bonchev–Trinajstić information content (AvgIpc) is 2.48. The van der Waals surface area contributed by atoms with Crippen molar-refractivity contribution in [2.75, 3.05) is 6.54 Å². The Bertz CT molecular complexity index is 717. The molecule has 21 heavy (non-hydrogen) atoms. The van der Waals surface area contributed by atoms with Gasteiger partial charge in [0.1, 0.15) is 5.82 Å². The summed E-state index contributed by atoms with van der Waals surface area (Å²) in [6, 6.07) is 12.4. The minimum absolute atomic E-state index is 0.161. The molecule has 6 heteroatoms. The molecule has 0 fully saturated rings. The van der Waals surface area contributed by atoms with Crippen LogP contribution in [0.15, 0.2) is 53.4 Å². The highest BCUT2D eigenvalue weighted by atomic mass is 32.2. The van der Waals surface area contributed by atoms with Gasteiger partial charge in [0, 0.05) is 6.54 Å². The summed E-state index contributed by atoms with van der Waals surface area (Å²) >= 11 is 0. The van der Waals surface area contributed by atoms with Crippen LogP contribution in [0.3, 0.4) is 0 Å². The van der Waals surface area contributed by atoms with Crippen molar-refractivity contribution in [2.45, 2.75) is 17.9 Å². The predicted molar refractivity (Wildman–Crippen MR) is 77.7 cm³/mol. The summed E-state index contributed by atoms with van der Waals surface area (Å²) in [5.74, 6) is -0.582. The molecule has 2 rings (SSSR count). The Morgan fingerprint density at radius 2 is 1.86 bits per heavy atom. The Balaban J connectivity index is 2.09. The third-order valence-electron chi connectivity index (χ3n) is 3.10. The van der Waals surface area contributed by atoms with Crippen LogP contribution in [0.2, 0.25) is 0 Å². The van der Waals surface area contributed by atoms with Crippen molar-refractivity contribution in [1.82, 2.24) is 4.72 Å². The summed E-state index contributed by atoms with van der Waals surface area (Å²) < 4.78 is 39.8. The van der Waals surface area contributed by atoms with E-state index in [9.17, 15) is 17.9 Å². The fourth-order valence-corrected chi connectivity index (χ4v) is 2.86. The Hall–Kier alpha value is -1.76. The number of hydrogen-bond acceptors (Lipinski definition) is 3. The van der Waals surface area contributed by atoms with Crippen LogP contribution in [0.5, 0.6) is 0 Å². The van der Waals surface area contributed by atoms with E-state index in [-0.39, 0.29) is 11.4 Å². The second-order valence-corrected chi connectivity index (χ2v) is 6.46. The first-order chi connectivity index (χ1) is 9.90. The number of aryl methyl sites for hydroxylation is 1. The highest BCUT2D eigenvalue weighted by Crippen LogP contribution is 2.16. The minimum atomic E-state index is -3.85. The van der Waals surface area contributed by atoms with Gasteiger partial charge in [0.25, 0.3) is 0 Å². The summed E-state index contributed by atoms with van der Waals surface area (Å²) in [6.07, 6.45) is -0.962. The molecule has 0 amide bonds. The average molecular weight is 309 g/mol. The molecule has 2 aromatic carbocycles. The zero-order valence-electron chi connectivity index (χ0n) is 11.5. The molecule has 0 aliphatic carbocycles. The van der Waals surface area contributed by atoms with Crippen molar-refractivity contribution in [3.63, 3.8) is 0 Å². The highest BCUT2D eigenvalue weighted by molar-refractivity contribution is 7.89. The normalized spacial score (nSPS) is 13.1. The molecule has 0 heterocycles. The molecule has 112 valence electrons. The number of halogens is 1. The molecular weight excluding hydrogens is 293 g/mol. The van der Waals surface area contributed by atoms with Crippen LogP contribution in [0.25, 0.3) is 0 Å². The predicted octanol–water partition coefficient (Wildman–Crippen LogP) is 2.15. The molecule has 0 saturated carbocycles. The molecule has 1 unspecified atom stereocenters. The molecule has 2 N–H and O–H groups in total. The van der Waals surface area contributed by atoms with Gasteiger partial charge < -0.3 is 5.11 Å². The lowest BCUT2D eigenvalue weighted by Crippen LogP contribution is -2.28. The second-order valence-electron chi connectivity index (χ2n) is 4.69. The molecule has 1 atom stereocenters. The van der Waals surface area contributed by atoms with Crippen molar-refractivity contribution in [1.29, 1.82) is 0 Å². The molecule has 4 nitrogen and oxygen atoms in total. The maximum absolute atomic E-state index is 13.4. The summed E-state index contributed by atoms with van der Waals surface area (Å²) in [5.41, 5.74) is 0.980. The van der Waals surface area contributed by atoms with E-state index in [1.54, 1.807) is 37.3 Å². The highest BCUT2D eigenvalue weighted by Gasteiger charge is 2.17. The summed E-state index contributed by atoms with van der Waals surface area (Å²) in [5, 5.41) is 9.93. The van der Waals surface area contributed by atoms with Crippen molar-refractivity contribution in [3.8, 4) is 0 Å². The third-order valence-corrected chi connectivity index (χ3v) is 4.53. The number of rotatable bonds is 5. The van der Waals surface area contributed by atoms with E-state index < -0.39 is 21.9 Å². The van der Waals surface area contributed by atoms with Crippen LogP contribution >= 0.6 is 0 Å². The van der Waals surface area contributed by atoms with Gasteiger partial charge in [-0.3, -0.25) is 0 Å². The fraction of sp³-hybridized carbons (Fsp3) is 0.200. The van der Waals surface area contributed by atoms with Crippen molar-refractivity contribution < 1.29 is 17.9 Å². The van der Waals surface area contributed by atoms with Gasteiger partial charge in [0.05, 0.1) is 11.0 Å². The number of sulfonamides is 1. The van der Waals surface area contributed by atoms with Crippen LogP contribution in [-0.4, -0.2) is 20.1 Å². The number of aliphatic hydroxyl groups is 1. The van der Waals surface area contributed by atoms with E-state index in [1.807, 2.05) is 0 Å². The first kappa shape index (κ1) is 15.6. The van der Waals surface area contributed by atoms with E-state index in [0.29, 0.717) is 11.1 Å². The molecule has 0 aliphatic heterocycles. The molecular formula is C15H16FNO3S. The summed E-state index contributed by atoms with van der Waals surface area (Å²) in [6.45, 7) is 1.38. The summed E-state index contributed by atoms with van der Waals surface area (Å²) in [7, 11) is -3.85. The second kappa shape index (κ2) is 6.34. The standard InChI is InChI=1S/C15H16FNO3S/c1-11-7-8-13(9-14(11)16)21(19,20)17-10-15(18)12-5-3-2-4-6-12/h2-9,15,17-18H,10H2,1H3. The molecule has 0 radical (unpaired) electrons. The van der Waals surface area contributed by atoms with Gasteiger partial charge in [0.15, 0.2) is 0 Å². The van der Waals surface area contributed by atoms with Gasteiger partial charge in [-0.05, 0) is 30.2 Å². The molecule has 0 saturated heterocycles. The van der Waals surface area contributed by atoms with E-state index in [0.717, 1.165) is 6.07 Å². The molecule has 0 spiro atoms. The van der Waals surface area contributed by atoms with Gasteiger partial charge in [-0.15, -0.1) is 0 Å². The largest absolute Gasteiger partial charge is 0.387 e. The molecule has 2 aromatic rings. The van der Waals surface area contributed by atoms with Crippen molar-refractivity contribution in [3.05, 3.63) is 65.5 Å². The van der Waals surface area contributed by atoms with E-state index in [1.165, 1.54) is 12.1 Å². The lowest BCUT2D eigenvalue weighted by molar-refractivity contribution is 0.182. The van der Waals surface area contributed by atoms with E-state index in [2.05, 4.69) is 4.72 Å². The SMILES string of the molecule is Cc1ccc(S(=O)(=O)NCC(O)c2ccccc2)cc1F. The van der Waals surface area contributed by atoms with Gasteiger partial charge in [-0.1, -0.05) is 36.4 Å². The van der Waals surface area contributed by atoms with Crippen molar-refractivity contribution >= 4 is 10.0 Å². The zero-order valence-corrected chi connectivity index (χ0v) is 12.3. The lowest BCUT2D eigenvalue weighted by Gasteiger charge is -2.13. The van der Waals surface area contributed by atoms with Crippen LogP contribution in [0, 0.1) is 12.7 Å². The quantitative estimate of drug-likeness (QED) is 0.889. The van der Waals surface area contributed by atoms with Crippen LogP contribution < -0.4 is 4.72 Å². The monoisotopic (exact) mass is 309 g/mol. The van der Waals surface area contributed by atoms with Gasteiger partial charge in [-0.25, -0.2) is 17.5 Å². The Labute approximate surface area is 123 Å². The van der Waals surface area contributed by atoms with Gasteiger partial charge >= 0.3 is 0 Å². The maximum Gasteiger partial charge on any atom is 0.240 e. The number of nitrogens with one attached hydrogen (secondary N) is 1. The lowest BCUT2D eigenvalue weighted by atomic mass is 10.1. The number of benzene rings is 2. The van der Waals surface area contributed by atoms with Crippen LogP contribution in [0.4, 0.5) is 4.39 Å². The number of hydrogen-bond donors (Lipinski definition) is 2. The van der Waals surface area contributed by atoms with Crippen LogP contribution in [0.1, 0.15) is 17.2 Å². The zero-order chi connectivity index (χ0) is 15.5. The van der Waals surface area contributed by atoms with Gasteiger partial charge in [0.2, 0.25) is 10.0 Å². The fourth-order valence-electron chi connectivity index (χ4n) is 1.81. The number of aliphatic hydroxyl groups excluding tert-OH is 1. The smallest absolute Gasteiger partial charge is 0.240 e. The first-order valence-corrected chi connectivity index (χ1v) is 7.87.